The Hall–Kier alpha value is -1.17. The summed E-state index contributed by atoms with van der Waals surface area (Å²) < 4.78 is 4.75. The van der Waals surface area contributed by atoms with E-state index < -0.39 is 11.5 Å². The predicted octanol–water partition coefficient (Wildman–Crippen LogP) is 0.585. The Labute approximate surface area is 66.3 Å². The lowest BCUT2D eigenvalue weighted by Crippen LogP contribution is -1.97. The molecule has 0 fully saturated rings. The van der Waals surface area contributed by atoms with Crippen molar-refractivity contribution in [3.8, 4) is 0 Å². The molecule has 0 spiro atoms. The summed E-state index contributed by atoms with van der Waals surface area (Å²) >= 11 is 5.31. The zero-order valence-electron chi connectivity index (χ0n) is 5.36. The van der Waals surface area contributed by atoms with Gasteiger partial charge in [-0.05, 0) is 0 Å². The van der Waals surface area contributed by atoms with Crippen molar-refractivity contribution < 1.29 is 9.34 Å². The van der Waals surface area contributed by atoms with Gasteiger partial charge in [0.2, 0.25) is 5.89 Å². The molecule has 6 nitrogen and oxygen atoms in total. The molecule has 1 rings (SSSR count). The molecule has 0 aliphatic heterocycles. The van der Waals surface area contributed by atoms with Crippen LogP contribution in [0.2, 0.25) is 0 Å². The molecule has 0 unspecified atom stereocenters. The zero-order chi connectivity index (χ0) is 8.27. The second-order valence-electron chi connectivity index (χ2n) is 1.71. The first kappa shape index (κ1) is 7.93. The lowest BCUT2D eigenvalue weighted by molar-refractivity contribution is -0.500. The maximum absolute atomic E-state index is 9.91. The van der Waals surface area contributed by atoms with Crippen LogP contribution in [-0.4, -0.2) is 15.1 Å². The number of aromatic nitrogens is 2. The van der Waals surface area contributed by atoms with Crippen LogP contribution in [0.5, 0.6) is 0 Å². The average molecular weight is 178 g/mol. The minimum Gasteiger partial charge on any atom is -0.418 e. The molecule has 0 atom stereocenters. The Balaban J connectivity index is 2.65. The van der Waals surface area contributed by atoms with Crippen molar-refractivity contribution >= 4 is 11.6 Å². The van der Waals surface area contributed by atoms with Gasteiger partial charge in [-0.3, -0.25) is 10.1 Å². The molecule has 1 aromatic heterocycles. The third-order valence-corrected chi connectivity index (χ3v) is 1.12. The minimum absolute atomic E-state index is 0.0225. The molecule has 0 bridgehead atoms. The van der Waals surface area contributed by atoms with Crippen molar-refractivity contribution in [2.24, 2.45) is 0 Å². The number of hydrogen-bond donors (Lipinski definition) is 0. The van der Waals surface area contributed by atoms with Crippen LogP contribution in [0.25, 0.3) is 0 Å². The lowest BCUT2D eigenvalue weighted by Gasteiger charge is -1.83. The summed E-state index contributed by atoms with van der Waals surface area (Å²) in [6.07, 6.45) is 0. The summed E-state index contributed by atoms with van der Waals surface area (Å²) in [4.78, 5) is 9.36. The Morgan fingerprint density at radius 2 is 2.18 bits per heavy atom. The normalized spacial score (nSPS) is 9.91. The first-order valence-corrected chi connectivity index (χ1v) is 3.25. The topological polar surface area (TPSA) is 82.1 Å². The SMILES string of the molecule is O=[N+]([O-])Cc1nnc(CCl)o1. The molecule has 0 saturated carbocycles. The molecular weight excluding hydrogens is 174 g/mol. The Bertz CT molecular complexity index is 261. The van der Waals surface area contributed by atoms with E-state index in [4.69, 9.17) is 16.0 Å². The van der Waals surface area contributed by atoms with Gasteiger partial charge in [-0.2, -0.15) is 0 Å². The average Bonchev–Trinajstić information content (AvgIpc) is 2.34. The number of nitro groups is 1. The van der Waals surface area contributed by atoms with Crippen molar-refractivity contribution in [1.82, 2.24) is 10.2 Å². The fourth-order valence-corrected chi connectivity index (χ4v) is 0.625. The van der Waals surface area contributed by atoms with Crippen molar-refractivity contribution in [1.29, 1.82) is 0 Å². The standard InChI is InChI=1S/C4H4ClN3O3/c5-1-3-6-7-4(11-3)2-8(9)10/h1-2H2. The van der Waals surface area contributed by atoms with Crippen LogP contribution in [0.1, 0.15) is 11.8 Å². The fraction of sp³-hybridized carbons (Fsp3) is 0.500. The molecule has 0 N–H and O–H groups in total. The minimum atomic E-state index is -0.550. The van der Waals surface area contributed by atoms with Gasteiger partial charge in [-0.1, -0.05) is 0 Å². The molecule has 7 heteroatoms. The third-order valence-electron chi connectivity index (χ3n) is 0.887. The summed E-state index contributed by atoms with van der Waals surface area (Å²) in [6, 6.07) is 0. The highest BCUT2D eigenvalue weighted by Crippen LogP contribution is 2.02. The highest BCUT2D eigenvalue weighted by atomic mass is 35.5. The Morgan fingerprint density at radius 3 is 2.64 bits per heavy atom. The monoisotopic (exact) mass is 177 g/mol. The predicted molar refractivity (Wildman–Crippen MR) is 34.6 cm³/mol. The van der Waals surface area contributed by atoms with Crippen LogP contribution >= 0.6 is 11.6 Å². The molecule has 0 amide bonds. The van der Waals surface area contributed by atoms with Gasteiger partial charge >= 0.3 is 0 Å². The van der Waals surface area contributed by atoms with Crippen LogP contribution in [0.4, 0.5) is 0 Å². The molecule has 0 aliphatic carbocycles. The quantitative estimate of drug-likeness (QED) is 0.383. The van der Waals surface area contributed by atoms with Crippen molar-refractivity contribution in [3.63, 3.8) is 0 Å². The Kier molecular flexibility index (Phi) is 2.37. The van der Waals surface area contributed by atoms with Gasteiger partial charge in [0.15, 0.2) is 0 Å². The van der Waals surface area contributed by atoms with Gasteiger partial charge < -0.3 is 4.42 Å². The molecule has 1 heterocycles. The van der Waals surface area contributed by atoms with Gasteiger partial charge in [-0.15, -0.1) is 21.8 Å². The maximum Gasteiger partial charge on any atom is 0.288 e. The fourth-order valence-electron chi connectivity index (χ4n) is 0.517. The van der Waals surface area contributed by atoms with Gasteiger partial charge in [-0.25, -0.2) is 0 Å². The number of nitrogens with zero attached hydrogens (tertiary/aromatic N) is 3. The van der Waals surface area contributed by atoms with E-state index in [9.17, 15) is 10.1 Å². The first-order valence-electron chi connectivity index (χ1n) is 2.71. The van der Waals surface area contributed by atoms with E-state index in [1.807, 2.05) is 0 Å². The molecule has 0 saturated heterocycles. The smallest absolute Gasteiger partial charge is 0.288 e. The highest BCUT2D eigenvalue weighted by molar-refractivity contribution is 6.16. The van der Waals surface area contributed by atoms with E-state index in [-0.39, 0.29) is 17.7 Å². The molecule has 11 heavy (non-hydrogen) atoms. The number of hydrogen-bond acceptors (Lipinski definition) is 5. The maximum atomic E-state index is 9.91. The third kappa shape index (κ3) is 2.15. The molecular formula is C4H4ClN3O3. The van der Waals surface area contributed by atoms with Crippen LogP contribution in [0.3, 0.4) is 0 Å². The summed E-state index contributed by atoms with van der Waals surface area (Å²) in [5.41, 5.74) is 0. The molecule has 0 aliphatic rings. The molecule has 0 aromatic carbocycles. The molecule has 0 radical (unpaired) electrons. The second kappa shape index (κ2) is 3.29. The van der Waals surface area contributed by atoms with Gasteiger partial charge in [0, 0.05) is 4.92 Å². The van der Waals surface area contributed by atoms with Gasteiger partial charge in [0.1, 0.15) is 5.88 Å². The van der Waals surface area contributed by atoms with E-state index in [1.165, 1.54) is 0 Å². The number of rotatable bonds is 3. The van der Waals surface area contributed by atoms with Crippen LogP contribution in [-0.2, 0) is 12.4 Å². The summed E-state index contributed by atoms with van der Waals surface area (Å²) in [5, 5.41) is 16.7. The van der Waals surface area contributed by atoms with Crippen LogP contribution in [0.15, 0.2) is 4.42 Å². The second-order valence-corrected chi connectivity index (χ2v) is 1.98. The van der Waals surface area contributed by atoms with E-state index in [0.29, 0.717) is 0 Å². The van der Waals surface area contributed by atoms with Gasteiger partial charge in [0.05, 0.1) is 0 Å². The van der Waals surface area contributed by atoms with E-state index in [0.717, 1.165) is 0 Å². The lowest BCUT2D eigenvalue weighted by atomic mass is 10.7. The largest absolute Gasteiger partial charge is 0.418 e. The summed E-state index contributed by atoms with van der Waals surface area (Å²) in [6.45, 7) is -0.454. The van der Waals surface area contributed by atoms with Crippen LogP contribution in [0, 0.1) is 10.1 Å². The first-order chi connectivity index (χ1) is 5.22. The molecule has 60 valence electrons. The zero-order valence-corrected chi connectivity index (χ0v) is 6.11. The summed E-state index contributed by atoms with van der Waals surface area (Å²) in [5.74, 6) is 0.249. The van der Waals surface area contributed by atoms with E-state index in [1.54, 1.807) is 0 Å². The Morgan fingerprint density at radius 1 is 1.55 bits per heavy atom. The summed E-state index contributed by atoms with van der Waals surface area (Å²) in [7, 11) is 0. The van der Waals surface area contributed by atoms with Gasteiger partial charge in [0.25, 0.3) is 12.4 Å². The van der Waals surface area contributed by atoms with E-state index >= 15 is 0 Å². The van der Waals surface area contributed by atoms with E-state index in [2.05, 4.69) is 10.2 Å². The van der Waals surface area contributed by atoms with Crippen molar-refractivity contribution in [3.05, 3.63) is 21.9 Å². The number of alkyl halides is 1. The van der Waals surface area contributed by atoms with Crippen molar-refractivity contribution in [2.75, 3.05) is 0 Å². The van der Waals surface area contributed by atoms with Crippen molar-refractivity contribution in [2.45, 2.75) is 12.4 Å². The molecule has 1 aromatic rings. The number of halogens is 1. The highest BCUT2D eigenvalue weighted by Gasteiger charge is 2.09. The van der Waals surface area contributed by atoms with Crippen LogP contribution < -0.4 is 0 Å².